The van der Waals surface area contributed by atoms with Crippen molar-refractivity contribution in [2.24, 2.45) is 0 Å². The van der Waals surface area contributed by atoms with Gasteiger partial charge in [-0.05, 0) is 30.4 Å². The minimum atomic E-state index is -0.358. The van der Waals surface area contributed by atoms with Gasteiger partial charge in [-0.15, -0.1) is 11.3 Å². The smallest absolute Gasteiger partial charge is 0.264 e. The molecule has 1 aliphatic rings. The topological polar surface area (TPSA) is 40.5 Å². The van der Waals surface area contributed by atoms with Gasteiger partial charge in [-0.3, -0.25) is 4.79 Å². The van der Waals surface area contributed by atoms with Crippen LogP contribution < -0.4 is 0 Å². The lowest BCUT2D eigenvalue weighted by molar-refractivity contribution is 0.0769. The van der Waals surface area contributed by atoms with Gasteiger partial charge in [-0.2, -0.15) is 0 Å². The fourth-order valence-corrected chi connectivity index (χ4v) is 3.63. The number of amides is 1. The molecule has 1 fully saturated rings. The van der Waals surface area contributed by atoms with E-state index < -0.39 is 0 Å². The van der Waals surface area contributed by atoms with Crippen LogP contribution in [-0.4, -0.2) is 35.1 Å². The molecule has 2 aromatic rings. The first-order valence-corrected chi connectivity index (χ1v) is 6.94. The molecule has 3 rings (SSSR count). The van der Waals surface area contributed by atoms with E-state index >= 15 is 0 Å². The van der Waals surface area contributed by atoms with Crippen molar-refractivity contribution in [2.75, 3.05) is 13.1 Å². The van der Waals surface area contributed by atoms with E-state index in [9.17, 15) is 9.90 Å². The molecule has 1 atom stereocenters. The van der Waals surface area contributed by atoms with E-state index in [1.807, 2.05) is 25.1 Å². The van der Waals surface area contributed by atoms with Crippen molar-refractivity contribution in [3.63, 3.8) is 0 Å². The zero-order valence-corrected chi connectivity index (χ0v) is 11.0. The number of aliphatic hydroxyl groups excluding tert-OH is 1. The number of β-amino-alcohol motifs (C(OH)–C–C–N with tert-alkyl or cyclic N) is 1. The van der Waals surface area contributed by atoms with Crippen LogP contribution in [0.1, 0.15) is 21.7 Å². The van der Waals surface area contributed by atoms with Gasteiger partial charge in [0.1, 0.15) is 0 Å². The normalized spacial score (nSPS) is 19.7. The highest BCUT2D eigenvalue weighted by Crippen LogP contribution is 2.32. The summed E-state index contributed by atoms with van der Waals surface area (Å²) in [6.45, 7) is 3.12. The molecule has 0 spiro atoms. The average molecular weight is 261 g/mol. The standard InChI is InChI=1S/C14H15NO2S/c1-9-11-4-2-3-5-12(11)18-13(9)14(17)15-7-6-10(16)8-15/h2-5,10,16H,6-8H2,1H3/t10-/m0/s1. The van der Waals surface area contributed by atoms with Crippen LogP contribution in [-0.2, 0) is 0 Å². The molecular weight excluding hydrogens is 246 g/mol. The van der Waals surface area contributed by atoms with Crippen LogP contribution >= 0.6 is 11.3 Å². The second kappa shape index (κ2) is 4.37. The Labute approximate surface area is 110 Å². The summed E-state index contributed by atoms with van der Waals surface area (Å²) in [6.07, 6.45) is 0.332. The Bertz CT molecular complexity index is 605. The summed E-state index contributed by atoms with van der Waals surface area (Å²) < 4.78 is 1.15. The number of carbonyl (C=O) groups is 1. The molecule has 0 bridgehead atoms. The van der Waals surface area contributed by atoms with Gasteiger partial charge >= 0.3 is 0 Å². The predicted octanol–water partition coefficient (Wildman–Crippen LogP) is 2.42. The number of rotatable bonds is 1. The first-order chi connectivity index (χ1) is 8.66. The zero-order chi connectivity index (χ0) is 12.7. The summed E-state index contributed by atoms with van der Waals surface area (Å²) in [4.78, 5) is 15.0. The Morgan fingerprint density at radius 2 is 2.22 bits per heavy atom. The van der Waals surface area contributed by atoms with Crippen molar-refractivity contribution in [1.82, 2.24) is 4.90 Å². The van der Waals surface area contributed by atoms with Gasteiger partial charge in [-0.1, -0.05) is 18.2 Å². The number of thiophene rings is 1. The van der Waals surface area contributed by atoms with E-state index in [4.69, 9.17) is 0 Å². The van der Waals surface area contributed by atoms with Crippen molar-refractivity contribution in [1.29, 1.82) is 0 Å². The predicted molar refractivity (Wildman–Crippen MR) is 73.1 cm³/mol. The number of aryl methyl sites for hydroxylation is 1. The molecule has 1 aliphatic heterocycles. The molecule has 0 saturated carbocycles. The highest BCUT2D eigenvalue weighted by Gasteiger charge is 2.27. The molecule has 0 unspecified atom stereocenters. The molecule has 1 amide bonds. The van der Waals surface area contributed by atoms with Crippen LogP contribution in [0.5, 0.6) is 0 Å². The number of hydrogen-bond acceptors (Lipinski definition) is 3. The molecular formula is C14H15NO2S. The molecule has 3 nitrogen and oxygen atoms in total. The lowest BCUT2D eigenvalue weighted by atomic mass is 10.1. The molecule has 1 saturated heterocycles. The lowest BCUT2D eigenvalue weighted by Gasteiger charge is -2.14. The molecule has 1 aromatic carbocycles. The number of carbonyl (C=O) groups excluding carboxylic acids is 1. The van der Waals surface area contributed by atoms with Gasteiger partial charge in [0, 0.05) is 17.8 Å². The molecule has 0 aliphatic carbocycles. The summed E-state index contributed by atoms with van der Waals surface area (Å²) in [5.41, 5.74) is 1.06. The summed E-state index contributed by atoms with van der Waals surface area (Å²) in [7, 11) is 0. The molecule has 2 heterocycles. The Kier molecular flexibility index (Phi) is 2.84. The maximum Gasteiger partial charge on any atom is 0.264 e. The fourth-order valence-electron chi connectivity index (χ4n) is 2.45. The Morgan fingerprint density at radius 3 is 2.89 bits per heavy atom. The lowest BCUT2D eigenvalue weighted by Crippen LogP contribution is -2.29. The monoisotopic (exact) mass is 261 g/mol. The van der Waals surface area contributed by atoms with Crippen molar-refractivity contribution < 1.29 is 9.90 Å². The zero-order valence-electron chi connectivity index (χ0n) is 10.2. The van der Waals surface area contributed by atoms with E-state index in [0.717, 1.165) is 20.5 Å². The summed E-state index contributed by atoms with van der Waals surface area (Å²) in [5, 5.41) is 10.7. The third-order valence-electron chi connectivity index (χ3n) is 3.49. The quantitative estimate of drug-likeness (QED) is 0.856. The van der Waals surface area contributed by atoms with E-state index in [2.05, 4.69) is 6.07 Å². The first-order valence-electron chi connectivity index (χ1n) is 6.12. The maximum absolute atomic E-state index is 12.4. The number of hydrogen-bond donors (Lipinski definition) is 1. The van der Waals surface area contributed by atoms with Gasteiger partial charge in [0.05, 0.1) is 11.0 Å². The number of likely N-dealkylation sites (tertiary alicyclic amines) is 1. The molecule has 1 N–H and O–H groups in total. The van der Waals surface area contributed by atoms with Crippen LogP contribution in [0.4, 0.5) is 0 Å². The first kappa shape index (κ1) is 11.7. The van der Waals surface area contributed by atoms with Crippen molar-refractivity contribution >= 4 is 27.3 Å². The second-order valence-electron chi connectivity index (χ2n) is 4.75. The molecule has 1 aromatic heterocycles. The van der Waals surface area contributed by atoms with Gasteiger partial charge in [0.15, 0.2) is 0 Å². The minimum Gasteiger partial charge on any atom is -0.391 e. The van der Waals surface area contributed by atoms with E-state index in [-0.39, 0.29) is 12.0 Å². The summed E-state index contributed by atoms with van der Waals surface area (Å²) >= 11 is 1.55. The molecule has 94 valence electrons. The van der Waals surface area contributed by atoms with Crippen LogP contribution in [0, 0.1) is 6.92 Å². The maximum atomic E-state index is 12.4. The van der Waals surface area contributed by atoms with E-state index in [0.29, 0.717) is 19.5 Å². The number of aliphatic hydroxyl groups is 1. The summed E-state index contributed by atoms with van der Waals surface area (Å²) in [5.74, 6) is 0.0604. The van der Waals surface area contributed by atoms with Crippen LogP contribution in [0.25, 0.3) is 10.1 Å². The van der Waals surface area contributed by atoms with Crippen molar-refractivity contribution in [3.05, 3.63) is 34.7 Å². The van der Waals surface area contributed by atoms with E-state index in [1.54, 1.807) is 16.2 Å². The highest BCUT2D eigenvalue weighted by atomic mass is 32.1. The number of fused-ring (bicyclic) bond motifs is 1. The van der Waals surface area contributed by atoms with Gasteiger partial charge in [-0.25, -0.2) is 0 Å². The fraction of sp³-hybridized carbons (Fsp3) is 0.357. The van der Waals surface area contributed by atoms with Crippen LogP contribution in [0.3, 0.4) is 0 Å². The Morgan fingerprint density at radius 1 is 1.44 bits per heavy atom. The van der Waals surface area contributed by atoms with Crippen LogP contribution in [0.15, 0.2) is 24.3 Å². The highest BCUT2D eigenvalue weighted by molar-refractivity contribution is 7.21. The SMILES string of the molecule is Cc1c(C(=O)N2CC[C@H](O)C2)sc2ccccc12. The average Bonchev–Trinajstić information content (AvgIpc) is 2.94. The minimum absolute atomic E-state index is 0.0604. The third kappa shape index (κ3) is 1.82. The third-order valence-corrected chi connectivity index (χ3v) is 4.75. The second-order valence-corrected chi connectivity index (χ2v) is 5.80. The van der Waals surface area contributed by atoms with E-state index in [1.165, 1.54) is 0 Å². The van der Waals surface area contributed by atoms with Crippen LogP contribution in [0.2, 0.25) is 0 Å². The van der Waals surface area contributed by atoms with Gasteiger partial charge in [0.25, 0.3) is 5.91 Å². The van der Waals surface area contributed by atoms with Crippen molar-refractivity contribution in [2.45, 2.75) is 19.4 Å². The number of nitrogens with zero attached hydrogens (tertiary/aromatic N) is 1. The Hall–Kier alpha value is -1.39. The molecule has 0 radical (unpaired) electrons. The Balaban J connectivity index is 1.99. The summed E-state index contributed by atoms with van der Waals surface area (Å²) in [6, 6.07) is 8.08. The number of benzene rings is 1. The van der Waals surface area contributed by atoms with Gasteiger partial charge in [0.2, 0.25) is 0 Å². The largest absolute Gasteiger partial charge is 0.391 e. The van der Waals surface area contributed by atoms with Crippen molar-refractivity contribution in [3.8, 4) is 0 Å². The molecule has 18 heavy (non-hydrogen) atoms. The van der Waals surface area contributed by atoms with Gasteiger partial charge < -0.3 is 10.0 Å². The molecule has 4 heteroatoms.